The molecule has 29 N–H and O–H groups in total. The Morgan fingerprint density at radius 3 is 0.728 bits per heavy atom. The second kappa shape index (κ2) is 55.3. The molecule has 103 heavy (non-hydrogen) atoms. The summed E-state index contributed by atoms with van der Waals surface area (Å²) in [6, 6.07) is 0. The summed E-state index contributed by atoms with van der Waals surface area (Å²) in [7, 11) is 0. The third-order valence-corrected chi connectivity index (χ3v) is 19.0. The lowest BCUT2D eigenvalue weighted by molar-refractivity contribution is -0.121. The van der Waals surface area contributed by atoms with Crippen LogP contribution in [0.25, 0.3) is 10.4 Å². The molecule has 6 bridgehead atoms. The minimum Gasteiger partial charge on any atom is -0.363 e. The van der Waals surface area contributed by atoms with Crippen LogP contribution in [0.3, 0.4) is 0 Å². The number of azide groups is 1. The molecule has 9 aliphatic heterocycles. The summed E-state index contributed by atoms with van der Waals surface area (Å²) >= 11 is 21.5. The predicted octanol–water partition coefficient (Wildman–Crippen LogP) is -8.40. The Balaban J connectivity index is 0.000000327. The molecule has 9 fully saturated rings. The van der Waals surface area contributed by atoms with Crippen molar-refractivity contribution in [3.8, 4) is 0 Å². The molecule has 592 valence electrons. The molecule has 9 saturated heterocycles. The fourth-order valence-corrected chi connectivity index (χ4v) is 14.0. The van der Waals surface area contributed by atoms with Gasteiger partial charge in [0.2, 0.25) is 17.7 Å². The summed E-state index contributed by atoms with van der Waals surface area (Å²) in [4.78, 5) is 42.6. The second-order valence-corrected chi connectivity index (χ2v) is 29.3. The normalized spacial score (nSPS) is 27.4. The standard InChI is InChI=1S/C22H44N10OS2.C21H44N12OS.C21H46N10OS/c1-19(33)31-21-12-23-6-9-26-15-22(16-27-10-7-24-13-21,17-28-11-8-25-14-21)32-20(35)30-5-3-2-4-29-18-34;1-18(34)31-20-12-23-6-9-26-15-21(16-27-10-7-24-13-20,17-28-11-8-25-14-20)32-19(35)29-4-2-3-5-30-33-22;1-18(32)30-20-12-23-6-9-26-15-21(16-27-10-7-24-13-20,17-28-11-8-25-14-20)31-19(33)29-5-3-2-4-22/h23-28H,2-17H2,1H3,(H,31,33)(H2,30,32,35);23-28H,2-17H2,1H3,(H,31,34)(H2,29,32,35);23-28H,2-17,22H2,1H3,(H,30,32)(H2,29,31,33). The average Bonchev–Trinajstić information content (AvgIpc) is 0.899. The van der Waals surface area contributed by atoms with E-state index in [1.165, 1.54) is 0 Å². The van der Waals surface area contributed by atoms with Gasteiger partial charge in [-0.25, -0.2) is 4.99 Å². The van der Waals surface area contributed by atoms with Crippen molar-refractivity contribution >= 4 is 87.1 Å². The molecular formula is C64H134N32O3S4. The largest absolute Gasteiger partial charge is 0.363 e. The van der Waals surface area contributed by atoms with Gasteiger partial charge < -0.3 is 149 Å². The van der Waals surface area contributed by atoms with Crippen LogP contribution in [0.4, 0.5) is 0 Å². The third kappa shape index (κ3) is 41.7. The first-order chi connectivity index (χ1) is 50.0. The van der Waals surface area contributed by atoms with E-state index in [1.54, 1.807) is 20.8 Å². The van der Waals surface area contributed by atoms with Crippen molar-refractivity contribution < 1.29 is 14.4 Å². The zero-order chi connectivity index (χ0) is 74.3. The van der Waals surface area contributed by atoms with Gasteiger partial charge in [0.05, 0.1) is 38.4 Å². The highest BCUT2D eigenvalue weighted by molar-refractivity contribution is 7.80. The average molecular weight is 1530 g/mol. The third-order valence-electron chi connectivity index (χ3n) is 18.1. The number of carbonyl (C=O) groups excluding carboxylic acids is 3. The Labute approximate surface area is 635 Å². The SMILES string of the molecule is CC(=O)NC12CNCCNCC(NC(=S)NCCCCN)(CNCCNC1)CNCCNC2.CC(=O)NC12CNCCNCC(NC(=S)NCCCCN=C=S)(CNCCNC1)CNCCNC2.CC(=O)NC12CNCCNCC(NC(=S)NCCCCN=[N+]=[N-])(CNCCNC1)CNCCNC2. The van der Waals surface area contributed by atoms with Crippen molar-refractivity contribution in [3.05, 3.63) is 10.4 Å². The number of nitrogens with zero attached hydrogens (tertiary/aromatic N) is 4. The fraction of sp³-hybridized carbons (Fsp3) is 0.891. The zero-order valence-electron chi connectivity index (χ0n) is 62.2. The molecule has 9 aliphatic rings. The van der Waals surface area contributed by atoms with Crippen LogP contribution < -0.4 is 149 Å². The van der Waals surface area contributed by atoms with Gasteiger partial charge in [0.25, 0.3) is 0 Å². The van der Waals surface area contributed by atoms with Gasteiger partial charge in [-0.05, 0) is 99.5 Å². The highest BCUT2D eigenvalue weighted by atomic mass is 32.1. The summed E-state index contributed by atoms with van der Waals surface area (Å²) in [5.41, 5.74) is 11.9. The molecule has 0 aromatic rings. The van der Waals surface area contributed by atoms with Crippen molar-refractivity contribution in [2.75, 3.05) is 275 Å². The minimum absolute atomic E-state index is 0.0135. The van der Waals surface area contributed by atoms with Gasteiger partial charge in [-0.1, -0.05) is 5.11 Å². The molecule has 35 nitrogen and oxygen atoms in total. The van der Waals surface area contributed by atoms with E-state index < -0.39 is 5.54 Å². The maximum atomic E-state index is 12.0. The summed E-state index contributed by atoms with van der Waals surface area (Å²) < 4.78 is 0. The van der Waals surface area contributed by atoms with E-state index in [0.29, 0.717) is 93.9 Å². The molecule has 9 heterocycles. The zero-order valence-corrected chi connectivity index (χ0v) is 65.4. The Morgan fingerprint density at radius 1 is 0.350 bits per heavy atom. The lowest BCUT2D eigenvalue weighted by Gasteiger charge is -2.39. The Morgan fingerprint density at radius 2 is 0.544 bits per heavy atom. The van der Waals surface area contributed by atoms with Crippen LogP contribution in [-0.2, 0) is 14.4 Å². The number of aliphatic imine (C=N–C) groups is 1. The molecule has 9 rings (SSSR count). The Hall–Kier alpha value is -4.17. The van der Waals surface area contributed by atoms with Gasteiger partial charge in [-0.2, -0.15) is 0 Å². The van der Waals surface area contributed by atoms with Crippen LogP contribution in [0.1, 0.15) is 59.3 Å². The number of amides is 3. The summed E-state index contributed by atoms with van der Waals surface area (Å²) in [5.74, 6) is -0.0560. The lowest BCUT2D eigenvalue weighted by Crippen LogP contribution is -2.68. The number of thiocarbonyl (C=S) groups is 4. The molecule has 0 aromatic heterocycles. The molecule has 0 unspecified atom stereocenters. The summed E-state index contributed by atoms with van der Waals surface area (Å²) in [6.07, 6.45) is 5.61. The number of unbranched alkanes of at least 4 members (excludes halogenated alkanes) is 3. The van der Waals surface area contributed by atoms with Crippen molar-refractivity contribution in [1.29, 1.82) is 0 Å². The van der Waals surface area contributed by atoms with E-state index in [0.717, 1.165) is 235 Å². The fourth-order valence-electron chi connectivity index (χ4n) is 13.0. The van der Waals surface area contributed by atoms with Gasteiger partial charge in [0, 0.05) is 294 Å². The first kappa shape index (κ1) is 91.2. The first-order valence-electron chi connectivity index (χ1n) is 37.5. The monoisotopic (exact) mass is 1530 g/mol. The van der Waals surface area contributed by atoms with Gasteiger partial charge in [0.1, 0.15) is 0 Å². The Bertz CT molecular complexity index is 2230. The van der Waals surface area contributed by atoms with E-state index >= 15 is 0 Å². The van der Waals surface area contributed by atoms with E-state index in [-0.39, 0.29) is 45.4 Å². The van der Waals surface area contributed by atoms with Gasteiger partial charge in [-0.3, -0.25) is 14.4 Å². The molecular weight excluding hydrogens is 1390 g/mol. The first-order valence-corrected chi connectivity index (χ1v) is 39.1. The Kier molecular flexibility index (Phi) is 48.9. The van der Waals surface area contributed by atoms with Crippen molar-refractivity contribution in [1.82, 2.24) is 144 Å². The quantitative estimate of drug-likeness (QED) is 0.0134. The van der Waals surface area contributed by atoms with Crippen LogP contribution in [-0.4, -0.2) is 346 Å². The molecule has 39 heteroatoms. The molecule has 0 aliphatic carbocycles. The highest BCUT2D eigenvalue weighted by Crippen LogP contribution is 2.10. The second-order valence-electron chi connectivity index (χ2n) is 27.9. The van der Waals surface area contributed by atoms with Crippen LogP contribution >= 0.6 is 48.9 Å². The summed E-state index contributed by atoms with van der Waals surface area (Å²) in [5, 5.41) is 102. The number of fused-ring (bicyclic) bond motifs is 45. The maximum absolute atomic E-state index is 12.0. The van der Waals surface area contributed by atoms with Gasteiger partial charge in [0.15, 0.2) is 15.3 Å². The van der Waals surface area contributed by atoms with Crippen LogP contribution in [0, 0.1) is 0 Å². The van der Waals surface area contributed by atoms with E-state index in [1.807, 2.05) is 0 Å². The molecule has 0 saturated carbocycles. The van der Waals surface area contributed by atoms with Gasteiger partial charge in [-0.15, -0.1) is 0 Å². The maximum Gasteiger partial charge on any atom is 0.217 e. The van der Waals surface area contributed by atoms with Crippen molar-refractivity contribution in [2.45, 2.75) is 92.5 Å². The smallest absolute Gasteiger partial charge is 0.217 e. The number of carbonyl (C=O) groups is 3. The van der Waals surface area contributed by atoms with Gasteiger partial charge >= 0.3 is 0 Å². The van der Waals surface area contributed by atoms with Crippen LogP contribution in [0.2, 0.25) is 0 Å². The molecule has 0 radical (unpaired) electrons. The molecule has 0 spiro atoms. The van der Waals surface area contributed by atoms with Crippen LogP contribution in [0.15, 0.2) is 10.1 Å². The number of isothiocyanates is 1. The molecule has 3 amide bonds. The summed E-state index contributed by atoms with van der Waals surface area (Å²) in [6.45, 7) is 36.2. The van der Waals surface area contributed by atoms with E-state index in [9.17, 15) is 14.4 Å². The van der Waals surface area contributed by atoms with E-state index in [2.05, 4.69) is 176 Å². The van der Waals surface area contributed by atoms with Crippen LogP contribution in [0.5, 0.6) is 0 Å². The number of hydrogen-bond donors (Lipinski definition) is 28. The number of nitrogens with two attached hydrogens (primary N) is 1. The number of nitrogens with one attached hydrogen (secondary N) is 27. The molecule has 0 atom stereocenters. The highest BCUT2D eigenvalue weighted by Gasteiger charge is 2.37. The number of rotatable bonds is 20. The number of hydrogen-bond acceptors (Lipinski definition) is 28. The van der Waals surface area contributed by atoms with E-state index in [4.69, 9.17) is 47.9 Å². The lowest BCUT2D eigenvalue weighted by atomic mass is 9.97. The predicted molar refractivity (Wildman–Crippen MR) is 431 cm³/mol. The molecule has 0 aromatic carbocycles. The minimum atomic E-state index is -0.399. The van der Waals surface area contributed by atoms with Crippen molar-refractivity contribution in [3.63, 3.8) is 0 Å². The van der Waals surface area contributed by atoms with Crippen molar-refractivity contribution in [2.24, 2.45) is 15.8 Å². The topological polar surface area (TPSA) is 463 Å².